The first-order chi connectivity index (χ1) is 5.49. The third-order valence-electron chi connectivity index (χ3n) is 2.55. The first-order valence-electron chi connectivity index (χ1n) is 4.15. The zero-order chi connectivity index (χ0) is 9.83. The average Bonchev–Trinajstić information content (AvgIpc) is 2.08. The monoisotopic (exact) mass is 208 g/mol. The Morgan fingerprint density at radius 3 is 1.42 bits per heavy atom. The van der Waals surface area contributed by atoms with Crippen LogP contribution < -0.4 is 0 Å². The van der Waals surface area contributed by atoms with Crippen LogP contribution in [-0.4, -0.2) is 37.2 Å². The molecule has 5 heteroatoms. The molecule has 0 rings (SSSR count). The van der Waals surface area contributed by atoms with Crippen LogP contribution in [0.15, 0.2) is 0 Å². The van der Waals surface area contributed by atoms with Crippen molar-refractivity contribution in [3.63, 3.8) is 0 Å². The van der Waals surface area contributed by atoms with E-state index in [9.17, 15) is 0 Å². The van der Waals surface area contributed by atoms with Gasteiger partial charge in [-0.15, -0.1) is 0 Å². The summed E-state index contributed by atoms with van der Waals surface area (Å²) in [6, 6.07) is 0.951. The van der Waals surface area contributed by atoms with Crippen molar-refractivity contribution in [3.05, 3.63) is 0 Å². The summed E-state index contributed by atoms with van der Waals surface area (Å²) in [5.41, 5.74) is 0. The zero-order valence-electron chi connectivity index (χ0n) is 8.93. The van der Waals surface area contributed by atoms with Gasteiger partial charge in [0.2, 0.25) is 7.83 Å². The smallest absolute Gasteiger partial charge is 0.348 e. The predicted octanol–water partition coefficient (Wildman–Crippen LogP) is 1.67. The standard InChI is InChI=1S/C7H20O3Si2/c1-7-12(9-3,10-4)11(5,6)8-2/h7H2,1-6H3. The van der Waals surface area contributed by atoms with Gasteiger partial charge in [0.1, 0.15) is 0 Å². The highest BCUT2D eigenvalue weighted by molar-refractivity contribution is 7.33. The predicted molar refractivity (Wildman–Crippen MR) is 54.7 cm³/mol. The van der Waals surface area contributed by atoms with Crippen LogP contribution in [0.4, 0.5) is 0 Å². The summed E-state index contributed by atoms with van der Waals surface area (Å²) in [6.45, 7) is 6.40. The fourth-order valence-corrected chi connectivity index (χ4v) is 10.8. The number of rotatable bonds is 5. The van der Waals surface area contributed by atoms with Crippen LogP contribution >= 0.6 is 0 Å². The Kier molecular flexibility index (Phi) is 4.64. The molecule has 0 N–H and O–H groups in total. The summed E-state index contributed by atoms with van der Waals surface area (Å²) in [5.74, 6) is 0. The normalized spacial score (nSPS) is 13.5. The Morgan fingerprint density at radius 2 is 1.33 bits per heavy atom. The van der Waals surface area contributed by atoms with Crippen LogP contribution in [0.3, 0.4) is 0 Å². The third-order valence-corrected chi connectivity index (χ3v) is 16.1. The molecule has 0 bridgehead atoms. The minimum atomic E-state index is -2.03. The molecule has 0 atom stereocenters. The van der Waals surface area contributed by atoms with Gasteiger partial charge in [0.25, 0.3) is 0 Å². The third kappa shape index (κ3) is 1.97. The molecular formula is C7H20O3Si2. The Bertz CT molecular complexity index is 126. The van der Waals surface area contributed by atoms with E-state index in [1.165, 1.54) is 0 Å². The van der Waals surface area contributed by atoms with Crippen LogP contribution in [0.2, 0.25) is 19.1 Å². The van der Waals surface area contributed by atoms with Crippen LogP contribution in [0.25, 0.3) is 0 Å². The molecule has 0 saturated heterocycles. The second-order valence-corrected chi connectivity index (χ2v) is 15.6. The van der Waals surface area contributed by atoms with Gasteiger partial charge in [0.15, 0.2) is 0 Å². The molecule has 0 spiro atoms. The second-order valence-electron chi connectivity index (χ2n) is 3.23. The van der Waals surface area contributed by atoms with E-state index >= 15 is 0 Å². The van der Waals surface area contributed by atoms with Crippen molar-refractivity contribution in [2.24, 2.45) is 0 Å². The number of hydrogen-bond donors (Lipinski definition) is 0. The number of hydrogen-bond acceptors (Lipinski definition) is 3. The van der Waals surface area contributed by atoms with E-state index in [0.29, 0.717) is 0 Å². The summed E-state index contributed by atoms with van der Waals surface area (Å²) in [5, 5.41) is 0. The van der Waals surface area contributed by atoms with Gasteiger partial charge in [-0.3, -0.25) is 0 Å². The lowest BCUT2D eigenvalue weighted by Gasteiger charge is -2.37. The first kappa shape index (κ1) is 12.3. The lowest BCUT2D eigenvalue weighted by Crippen LogP contribution is -2.63. The van der Waals surface area contributed by atoms with Crippen molar-refractivity contribution in [2.45, 2.75) is 26.1 Å². The minimum Gasteiger partial charge on any atom is -0.417 e. The van der Waals surface area contributed by atoms with Crippen molar-refractivity contribution in [1.29, 1.82) is 0 Å². The molecule has 0 aromatic carbocycles. The molecule has 0 aliphatic carbocycles. The maximum atomic E-state index is 5.55. The Labute approximate surface area is 77.2 Å². The van der Waals surface area contributed by atoms with Crippen molar-refractivity contribution in [1.82, 2.24) is 0 Å². The maximum absolute atomic E-state index is 5.55. The summed E-state index contributed by atoms with van der Waals surface area (Å²) in [4.78, 5) is 0. The summed E-state index contributed by atoms with van der Waals surface area (Å²) >= 11 is 0. The van der Waals surface area contributed by atoms with Gasteiger partial charge < -0.3 is 13.3 Å². The van der Waals surface area contributed by atoms with Gasteiger partial charge in [-0.25, -0.2) is 0 Å². The molecule has 0 heterocycles. The fraction of sp³-hybridized carbons (Fsp3) is 1.00. The molecule has 0 aromatic rings. The van der Waals surface area contributed by atoms with Crippen LogP contribution in [-0.2, 0) is 13.3 Å². The molecule has 0 unspecified atom stereocenters. The summed E-state index contributed by atoms with van der Waals surface area (Å²) in [7, 11) is 1.42. The van der Waals surface area contributed by atoms with Gasteiger partial charge in [-0.05, 0) is 19.1 Å². The van der Waals surface area contributed by atoms with Crippen LogP contribution in [0, 0.1) is 0 Å². The zero-order valence-corrected chi connectivity index (χ0v) is 10.9. The molecule has 74 valence electrons. The van der Waals surface area contributed by atoms with Gasteiger partial charge in [-0.2, -0.15) is 0 Å². The minimum absolute atomic E-state index is 0.951. The lowest BCUT2D eigenvalue weighted by molar-refractivity contribution is 0.250. The molecule has 0 amide bonds. The van der Waals surface area contributed by atoms with E-state index in [1.54, 1.807) is 21.3 Å². The highest BCUT2D eigenvalue weighted by Crippen LogP contribution is 2.24. The summed E-state index contributed by atoms with van der Waals surface area (Å²) < 4.78 is 16.6. The van der Waals surface area contributed by atoms with Crippen molar-refractivity contribution in [2.75, 3.05) is 21.3 Å². The Hall–Kier alpha value is 0.314. The van der Waals surface area contributed by atoms with E-state index in [4.69, 9.17) is 13.3 Å². The van der Waals surface area contributed by atoms with Crippen LogP contribution in [0.5, 0.6) is 0 Å². The van der Waals surface area contributed by atoms with E-state index < -0.39 is 15.9 Å². The average molecular weight is 208 g/mol. The Morgan fingerprint density at radius 1 is 0.917 bits per heavy atom. The molecule has 0 saturated carbocycles. The van der Waals surface area contributed by atoms with Crippen molar-refractivity contribution >= 4 is 15.9 Å². The van der Waals surface area contributed by atoms with Gasteiger partial charge in [0, 0.05) is 21.3 Å². The molecule has 0 radical (unpaired) electrons. The molecule has 0 aromatic heterocycles. The molecular weight excluding hydrogens is 188 g/mol. The topological polar surface area (TPSA) is 27.7 Å². The molecule has 0 fully saturated rings. The molecule has 0 aliphatic rings. The fourth-order valence-electron chi connectivity index (χ4n) is 1.44. The van der Waals surface area contributed by atoms with Gasteiger partial charge >= 0.3 is 8.08 Å². The lowest BCUT2D eigenvalue weighted by atomic mass is 11.0. The Balaban J connectivity index is 4.69. The maximum Gasteiger partial charge on any atom is 0.348 e. The quantitative estimate of drug-likeness (QED) is 0.643. The van der Waals surface area contributed by atoms with E-state index in [0.717, 1.165) is 6.04 Å². The van der Waals surface area contributed by atoms with Gasteiger partial charge in [-0.1, -0.05) is 6.92 Å². The molecule has 0 aliphatic heterocycles. The van der Waals surface area contributed by atoms with Crippen molar-refractivity contribution < 1.29 is 13.3 Å². The van der Waals surface area contributed by atoms with E-state index in [1.807, 2.05) is 0 Å². The highest BCUT2D eigenvalue weighted by atomic mass is 29.3. The molecule has 3 nitrogen and oxygen atoms in total. The van der Waals surface area contributed by atoms with Crippen molar-refractivity contribution in [3.8, 4) is 0 Å². The SMILES string of the molecule is CC[Si](OC)(OC)[Si](C)(C)OC. The van der Waals surface area contributed by atoms with E-state index in [2.05, 4.69) is 20.0 Å². The largest absolute Gasteiger partial charge is 0.417 e. The van der Waals surface area contributed by atoms with Crippen LogP contribution in [0.1, 0.15) is 6.92 Å². The van der Waals surface area contributed by atoms with E-state index in [-0.39, 0.29) is 0 Å². The first-order valence-corrected chi connectivity index (χ1v) is 10.1. The summed E-state index contributed by atoms with van der Waals surface area (Å²) in [6.07, 6.45) is 0. The second kappa shape index (κ2) is 4.52. The highest BCUT2D eigenvalue weighted by Gasteiger charge is 2.52. The van der Waals surface area contributed by atoms with Gasteiger partial charge in [0.05, 0.1) is 0 Å². The molecule has 12 heavy (non-hydrogen) atoms.